The Bertz CT molecular complexity index is 587. The standard InChI is InChI=1S/C14H15FN2O/c1-9(2)17-14(4-5-16-17)12-6-11(10(3)18)7-13(15)8-12/h4-9H,1-3H3. The molecule has 2 rings (SSSR count). The van der Waals surface area contributed by atoms with E-state index in [9.17, 15) is 9.18 Å². The Balaban J connectivity index is 2.57. The van der Waals surface area contributed by atoms with Crippen molar-refractivity contribution in [2.45, 2.75) is 26.8 Å². The van der Waals surface area contributed by atoms with Crippen LogP contribution in [0.2, 0.25) is 0 Å². The number of rotatable bonds is 3. The molecule has 1 aromatic heterocycles. The van der Waals surface area contributed by atoms with Gasteiger partial charge in [0.1, 0.15) is 5.82 Å². The molecule has 0 aliphatic heterocycles. The number of benzene rings is 1. The molecular formula is C14H15FN2O. The van der Waals surface area contributed by atoms with Crippen LogP contribution < -0.4 is 0 Å². The van der Waals surface area contributed by atoms with Crippen LogP contribution in [0.3, 0.4) is 0 Å². The lowest BCUT2D eigenvalue weighted by Crippen LogP contribution is -2.05. The Hall–Kier alpha value is -1.97. The van der Waals surface area contributed by atoms with Gasteiger partial charge >= 0.3 is 0 Å². The molecule has 0 spiro atoms. The monoisotopic (exact) mass is 246 g/mol. The predicted molar refractivity (Wildman–Crippen MR) is 68.0 cm³/mol. The van der Waals surface area contributed by atoms with E-state index in [2.05, 4.69) is 5.10 Å². The maximum Gasteiger partial charge on any atom is 0.159 e. The SMILES string of the molecule is CC(=O)c1cc(F)cc(-c2ccnn2C(C)C)c1. The number of Topliss-reactive ketones (excluding diaryl/α,β-unsaturated/α-hetero) is 1. The van der Waals surface area contributed by atoms with Crippen molar-refractivity contribution in [3.8, 4) is 11.3 Å². The Morgan fingerprint density at radius 1 is 1.33 bits per heavy atom. The van der Waals surface area contributed by atoms with Gasteiger partial charge in [0.2, 0.25) is 0 Å². The first-order valence-corrected chi connectivity index (χ1v) is 5.84. The largest absolute Gasteiger partial charge is 0.295 e. The molecule has 0 atom stereocenters. The third kappa shape index (κ3) is 2.32. The van der Waals surface area contributed by atoms with Gasteiger partial charge in [0.15, 0.2) is 5.78 Å². The summed E-state index contributed by atoms with van der Waals surface area (Å²) in [6.07, 6.45) is 1.67. The lowest BCUT2D eigenvalue weighted by Gasteiger charge is -2.11. The van der Waals surface area contributed by atoms with E-state index in [0.29, 0.717) is 11.1 Å². The van der Waals surface area contributed by atoms with Crippen LogP contribution in [0.15, 0.2) is 30.5 Å². The molecule has 18 heavy (non-hydrogen) atoms. The van der Waals surface area contributed by atoms with Crippen LogP contribution in [-0.2, 0) is 0 Å². The molecule has 4 heteroatoms. The maximum absolute atomic E-state index is 13.5. The minimum atomic E-state index is -0.408. The van der Waals surface area contributed by atoms with Crippen molar-refractivity contribution in [1.29, 1.82) is 0 Å². The van der Waals surface area contributed by atoms with Gasteiger partial charge in [-0.2, -0.15) is 5.10 Å². The van der Waals surface area contributed by atoms with E-state index < -0.39 is 5.82 Å². The summed E-state index contributed by atoms with van der Waals surface area (Å²) in [7, 11) is 0. The van der Waals surface area contributed by atoms with E-state index in [0.717, 1.165) is 5.69 Å². The van der Waals surface area contributed by atoms with Crippen LogP contribution in [0.4, 0.5) is 4.39 Å². The minimum absolute atomic E-state index is 0.147. The highest BCUT2D eigenvalue weighted by atomic mass is 19.1. The highest BCUT2D eigenvalue weighted by Gasteiger charge is 2.11. The van der Waals surface area contributed by atoms with Gasteiger partial charge in [-0.25, -0.2) is 4.39 Å². The van der Waals surface area contributed by atoms with E-state index in [1.807, 2.05) is 19.9 Å². The molecule has 0 radical (unpaired) electrons. The van der Waals surface area contributed by atoms with Crippen LogP contribution in [0.1, 0.15) is 37.2 Å². The lowest BCUT2D eigenvalue weighted by molar-refractivity contribution is 0.101. The average molecular weight is 246 g/mol. The third-order valence-electron chi connectivity index (χ3n) is 2.76. The number of ketones is 1. The number of nitrogens with zero attached hydrogens (tertiary/aromatic N) is 2. The predicted octanol–water partition coefficient (Wildman–Crippen LogP) is 3.47. The first kappa shape index (κ1) is 12.5. The number of aromatic nitrogens is 2. The molecule has 0 aliphatic carbocycles. The van der Waals surface area contributed by atoms with Crippen molar-refractivity contribution in [3.63, 3.8) is 0 Å². The highest BCUT2D eigenvalue weighted by molar-refractivity contribution is 5.95. The molecule has 0 fully saturated rings. The van der Waals surface area contributed by atoms with E-state index in [4.69, 9.17) is 0 Å². The minimum Gasteiger partial charge on any atom is -0.295 e. The molecular weight excluding hydrogens is 231 g/mol. The summed E-state index contributed by atoms with van der Waals surface area (Å²) in [5, 5.41) is 4.21. The van der Waals surface area contributed by atoms with Crippen LogP contribution in [0.5, 0.6) is 0 Å². The molecule has 0 amide bonds. The van der Waals surface area contributed by atoms with Gasteiger partial charge < -0.3 is 0 Å². The maximum atomic E-state index is 13.5. The second-order valence-corrected chi connectivity index (χ2v) is 4.54. The number of carbonyl (C=O) groups excluding carboxylic acids is 1. The number of hydrogen-bond donors (Lipinski definition) is 0. The molecule has 0 bridgehead atoms. The first-order valence-electron chi connectivity index (χ1n) is 5.84. The molecule has 0 saturated heterocycles. The topological polar surface area (TPSA) is 34.9 Å². The van der Waals surface area contributed by atoms with Gasteiger partial charge in [0, 0.05) is 23.4 Å². The quantitative estimate of drug-likeness (QED) is 0.777. The molecule has 1 heterocycles. The van der Waals surface area contributed by atoms with Gasteiger partial charge in [-0.15, -0.1) is 0 Å². The second kappa shape index (κ2) is 4.72. The summed E-state index contributed by atoms with van der Waals surface area (Å²) in [6.45, 7) is 5.43. The average Bonchev–Trinajstić information content (AvgIpc) is 2.76. The van der Waals surface area contributed by atoms with Crippen LogP contribution in [0.25, 0.3) is 11.3 Å². The molecule has 0 aliphatic rings. The smallest absolute Gasteiger partial charge is 0.159 e. The van der Waals surface area contributed by atoms with E-state index in [1.54, 1.807) is 16.9 Å². The van der Waals surface area contributed by atoms with Gasteiger partial charge in [0.25, 0.3) is 0 Å². The summed E-state index contributed by atoms with van der Waals surface area (Å²) in [5.41, 5.74) is 1.86. The molecule has 94 valence electrons. The summed E-state index contributed by atoms with van der Waals surface area (Å²) >= 11 is 0. The van der Waals surface area contributed by atoms with Crippen LogP contribution in [0, 0.1) is 5.82 Å². The van der Waals surface area contributed by atoms with Crippen molar-refractivity contribution in [1.82, 2.24) is 9.78 Å². The Labute approximate surface area is 105 Å². The highest BCUT2D eigenvalue weighted by Crippen LogP contribution is 2.24. The number of halogens is 1. The van der Waals surface area contributed by atoms with Crippen molar-refractivity contribution < 1.29 is 9.18 Å². The van der Waals surface area contributed by atoms with Gasteiger partial charge in [-0.3, -0.25) is 9.48 Å². The molecule has 0 N–H and O–H groups in total. The van der Waals surface area contributed by atoms with E-state index >= 15 is 0 Å². The molecule has 0 unspecified atom stereocenters. The summed E-state index contributed by atoms with van der Waals surface area (Å²) in [4.78, 5) is 11.3. The number of hydrogen-bond acceptors (Lipinski definition) is 2. The zero-order chi connectivity index (χ0) is 13.3. The van der Waals surface area contributed by atoms with Crippen molar-refractivity contribution >= 4 is 5.78 Å². The van der Waals surface area contributed by atoms with Crippen LogP contribution >= 0.6 is 0 Å². The Kier molecular flexibility index (Phi) is 3.28. The molecule has 2 aromatic rings. The van der Waals surface area contributed by atoms with Crippen molar-refractivity contribution in [2.24, 2.45) is 0 Å². The van der Waals surface area contributed by atoms with Gasteiger partial charge in [-0.05, 0) is 45.0 Å². The Morgan fingerprint density at radius 3 is 2.67 bits per heavy atom. The summed E-state index contributed by atoms with van der Waals surface area (Å²) in [5.74, 6) is -0.555. The fourth-order valence-electron chi connectivity index (χ4n) is 1.90. The first-order chi connectivity index (χ1) is 8.49. The van der Waals surface area contributed by atoms with Gasteiger partial charge in [-0.1, -0.05) is 0 Å². The fourth-order valence-corrected chi connectivity index (χ4v) is 1.90. The van der Waals surface area contributed by atoms with E-state index in [1.165, 1.54) is 19.1 Å². The molecule has 0 saturated carbocycles. The third-order valence-corrected chi connectivity index (χ3v) is 2.76. The summed E-state index contributed by atoms with van der Waals surface area (Å²) in [6, 6.07) is 6.36. The molecule has 3 nitrogen and oxygen atoms in total. The van der Waals surface area contributed by atoms with E-state index in [-0.39, 0.29) is 11.8 Å². The summed E-state index contributed by atoms with van der Waals surface area (Å²) < 4.78 is 15.3. The second-order valence-electron chi connectivity index (χ2n) is 4.54. The van der Waals surface area contributed by atoms with Crippen LogP contribution in [-0.4, -0.2) is 15.6 Å². The van der Waals surface area contributed by atoms with Gasteiger partial charge in [0.05, 0.1) is 5.69 Å². The molecule has 1 aromatic carbocycles. The zero-order valence-corrected chi connectivity index (χ0v) is 10.6. The number of carbonyl (C=O) groups is 1. The zero-order valence-electron chi connectivity index (χ0n) is 10.6. The Morgan fingerprint density at radius 2 is 2.06 bits per heavy atom. The normalized spacial score (nSPS) is 10.9. The lowest BCUT2D eigenvalue weighted by atomic mass is 10.1. The van der Waals surface area contributed by atoms with Crippen molar-refractivity contribution in [3.05, 3.63) is 41.8 Å². The van der Waals surface area contributed by atoms with Crippen molar-refractivity contribution in [2.75, 3.05) is 0 Å². The fraction of sp³-hybridized carbons (Fsp3) is 0.286.